The number of rotatable bonds is 8. The van der Waals surface area contributed by atoms with E-state index in [1.165, 1.54) is 0 Å². The van der Waals surface area contributed by atoms with Crippen LogP contribution in [0.5, 0.6) is 5.88 Å². The first-order valence-corrected chi connectivity index (χ1v) is 7.68. The molecule has 6 heteroatoms. The number of hydrogen-bond donors (Lipinski definition) is 1. The molecule has 0 bridgehead atoms. The third-order valence-electron chi connectivity index (χ3n) is 3.76. The van der Waals surface area contributed by atoms with E-state index in [2.05, 4.69) is 47.2 Å². The minimum atomic E-state index is 0. The van der Waals surface area contributed by atoms with Gasteiger partial charge in [0.1, 0.15) is 0 Å². The predicted molar refractivity (Wildman–Crippen MR) is 120 cm³/mol. The average molecular weight is 543 g/mol. The van der Waals surface area contributed by atoms with Gasteiger partial charge in [0.25, 0.3) is 0 Å². The maximum Gasteiger partial charge on any atom is 0.213 e. The van der Waals surface area contributed by atoms with Crippen LogP contribution in [0, 0.1) is 0 Å². The first kappa shape index (κ1) is 22.6. The molecule has 2 rings (SSSR count). The second-order valence-corrected chi connectivity index (χ2v) is 5.04. The normalized spacial score (nSPS) is 10.1. The molecule has 0 aliphatic heterocycles. The van der Waals surface area contributed by atoms with Gasteiger partial charge in [-0.25, -0.2) is 4.98 Å². The third-order valence-corrected chi connectivity index (χ3v) is 3.76. The zero-order chi connectivity index (χ0) is 15.1. The Kier molecular flexibility index (Phi) is 11.9. The van der Waals surface area contributed by atoms with Crippen molar-refractivity contribution in [2.24, 2.45) is 0 Å². The van der Waals surface area contributed by atoms with E-state index in [-0.39, 0.29) is 48.0 Å². The van der Waals surface area contributed by atoms with Crippen molar-refractivity contribution in [2.75, 3.05) is 38.6 Å². The fourth-order valence-corrected chi connectivity index (χ4v) is 2.45. The summed E-state index contributed by atoms with van der Waals surface area (Å²) < 4.78 is 5.22. The molecule has 0 aliphatic carbocycles. The molecule has 130 valence electrons. The molecule has 0 atom stereocenters. The van der Waals surface area contributed by atoms with Gasteiger partial charge in [0.15, 0.2) is 0 Å². The molecule has 1 heterocycles. The maximum absolute atomic E-state index is 5.22. The van der Waals surface area contributed by atoms with Crippen molar-refractivity contribution in [3.05, 3.63) is 30.3 Å². The van der Waals surface area contributed by atoms with Crippen molar-refractivity contribution in [1.29, 1.82) is 0 Å². The fraction of sp³-hybridized carbons (Fsp3) is 0.471. The lowest BCUT2D eigenvalue weighted by atomic mass is 10.2. The standard InChI is InChI=1S/C17H25N3O.2HI/c1-4-20(5-2)13-7-12-18-15-9-6-8-14-10-11-16(21-3)19-17(14)15;;/h6,8-11,18H,4-5,7,12-13H2,1-3H3;2*1H. The second-order valence-electron chi connectivity index (χ2n) is 5.04. The molecule has 0 aliphatic rings. The van der Waals surface area contributed by atoms with Crippen LogP contribution in [-0.4, -0.2) is 43.2 Å². The Bertz CT molecular complexity index is 577. The Hall–Kier alpha value is -0.350. The molecule has 23 heavy (non-hydrogen) atoms. The van der Waals surface area contributed by atoms with Crippen LogP contribution in [-0.2, 0) is 0 Å². The molecule has 0 spiro atoms. The highest BCUT2D eigenvalue weighted by molar-refractivity contribution is 14.0. The van der Waals surface area contributed by atoms with Gasteiger partial charge < -0.3 is 15.0 Å². The van der Waals surface area contributed by atoms with Crippen LogP contribution in [0.25, 0.3) is 10.9 Å². The van der Waals surface area contributed by atoms with Crippen LogP contribution in [0.3, 0.4) is 0 Å². The lowest BCUT2D eigenvalue weighted by molar-refractivity contribution is 0.303. The minimum Gasteiger partial charge on any atom is -0.481 e. The number of para-hydroxylation sites is 1. The van der Waals surface area contributed by atoms with Gasteiger partial charge in [-0.3, -0.25) is 0 Å². The smallest absolute Gasteiger partial charge is 0.213 e. The quantitative estimate of drug-likeness (QED) is 0.390. The molecule has 0 radical (unpaired) electrons. The van der Waals surface area contributed by atoms with E-state index in [4.69, 9.17) is 4.74 Å². The highest BCUT2D eigenvalue weighted by atomic mass is 127. The number of fused-ring (bicyclic) bond motifs is 1. The SMILES string of the molecule is CCN(CC)CCCNc1cccc2ccc(OC)nc12.I.I. The number of nitrogens with zero attached hydrogens (tertiary/aromatic N) is 2. The molecular weight excluding hydrogens is 516 g/mol. The van der Waals surface area contributed by atoms with Gasteiger partial charge in [-0.15, -0.1) is 48.0 Å². The topological polar surface area (TPSA) is 37.4 Å². The minimum absolute atomic E-state index is 0. The number of aromatic nitrogens is 1. The van der Waals surface area contributed by atoms with Crippen LogP contribution in [0.15, 0.2) is 30.3 Å². The van der Waals surface area contributed by atoms with Gasteiger partial charge in [0.2, 0.25) is 5.88 Å². The van der Waals surface area contributed by atoms with Crippen molar-refractivity contribution >= 4 is 64.5 Å². The van der Waals surface area contributed by atoms with Crippen molar-refractivity contribution < 1.29 is 4.74 Å². The summed E-state index contributed by atoms with van der Waals surface area (Å²) in [4.78, 5) is 6.98. The van der Waals surface area contributed by atoms with Crippen molar-refractivity contribution in [3.8, 4) is 5.88 Å². The molecule has 0 saturated carbocycles. The molecule has 0 fully saturated rings. The summed E-state index contributed by atoms with van der Waals surface area (Å²) >= 11 is 0. The Morgan fingerprint density at radius 1 is 1.09 bits per heavy atom. The van der Waals surface area contributed by atoms with Crippen molar-refractivity contribution in [3.63, 3.8) is 0 Å². The number of hydrogen-bond acceptors (Lipinski definition) is 4. The van der Waals surface area contributed by atoms with Crippen LogP contribution < -0.4 is 10.1 Å². The van der Waals surface area contributed by atoms with Crippen LogP contribution >= 0.6 is 48.0 Å². The van der Waals surface area contributed by atoms with Crippen LogP contribution in [0.2, 0.25) is 0 Å². The van der Waals surface area contributed by atoms with Gasteiger partial charge >= 0.3 is 0 Å². The van der Waals surface area contributed by atoms with Gasteiger partial charge in [0, 0.05) is 18.0 Å². The van der Waals surface area contributed by atoms with Crippen LogP contribution in [0.1, 0.15) is 20.3 Å². The molecular formula is C17H27I2N3O. The van der Waals surface area contributed by atoms with Gasteiger partial charge in [-0.2, -0.15) is 0 Å². The summed E-state index contributed by atoms with van der Waals surface area (Å²) in [7, 11) is 1.65. The fourth-order valence-electron chi connectivity index (χ4n) is 2.45. The van der Waals surface area contributed by atoms with E-state index in [1.54, 1.807) is 7.11 Å². The molecule has 1 aromatic heterocycles. The molecule has 1 aromatic carbocycles. The summed E-state index contributed by atoms with van der Waals surface area (Å²) in [5.41, 5.74) is 2.05. The highest BCUT2D eigenvalue weighted by Crippen LogP contribution is 2.23. The summed E-state index contributed by atoms with van der Waals surface area (Å²) in [6.07, 6.45) is 1.13. The molecule has 0 amide bonds. The number of ether oxygens (including phenoxy) is 1. The lowest BCUT2D eigenvalue weighted by Gasteiger charge is -2.18. The van der Waals surface area contributed by atoms with Gasteiger partial charge in [-0.05, 0) is 38.2 Å². The summed E-state index contributed by atoms with van der Waals surface area (Å²) in [6, 6.07) is 10.1. The number of anilines is 1. The molecule has 0 unspecified atom stereocenters. The summed E-state index contributed by atoms with van der Waals surface area (Å²) in [5, 5.41) is 4.63. The molecule has 0 saturated heterocycles. The first-order chi connectivity index (χ1) is 10.3. The summed E-state index contributed by atoms with van der Waals surface area (Å²) in [5.74, 6) is 0.653. The van der Waals surface area contributed by atoms with E-state index in [1.807, 2.05) is 12.1 Å². The number of halogens is 2. The van der Waals surface area contributed by atoms with Gasteiger partial charge in [-0.1, -0.05) is 26.0 Å². The monoisotopic (exact) mass is 543 g/mol. The number of pyridine rings is 1. The molecule has 2 aromatic rings. The highest BCUT2D eigenvalue weighted by Gasteiger charge is 2.04. The molecule has 1 N–H and O–H groups in total. The summed E-state index contributed by atoms with van der Waals surface area (Å²) in [6.45, 7) is 8.72. The number of nitrogens with one attached hydrogen (secondary N) is 1. The first-order valence-electron chi connectivity index (χ1n) is 7.68. The van der Waals surface area contributed by atoms with Gasteiger partial charge in [0.05, 0.1) is 18.3 Å². The number of benzene rings is 1. The largest absolute Gasteiger partial charge is 0.481 e. The maximum atomic E-state index is 5.22. The third kappa shape index (κ3) is 6.58. The lowest BCUT2D eigenvalue weighted by Crippen LogP contribution is -2.25. The number of methoxy groups -OCH3 is 1. The Balaban J connectivity index is 0.00000242. The Morgan fingerprint density at radius 3 is 2.48 bits per heavy atom. The zero-order valence-corrected chi connectivity index (χ0v) is 18.7. The Labute approximate surface area is 173 Å². The predicted octanol–water partition coefficient (Wildman–Crippen LogP) is 4.62. The Morgan fingerprint density at radius 2 is 1.83 bits per heavy atom. The van der Waals surface area contributed by atoms with E-state index >= 15 is 0 Å². The van der Waals surface area contributed by atoms with E-state index in [0.29, 0.717) is 5.88 Å². The van der Waals surface area contributed by atoms with Crippen molar-refractivity contribution in [1.82, 2.24) is 9.88 Å². The average Bonchev–Trinajstić information content (AvgIpc) is 2.54. The van der Waals surface area contributed by atoms with Crippen molar-refractivity contribution in [2.45, 2.75) is 20.3 Å². The van der Waals surface area contributed by atoms with E-state index < -0.39 is 0 Å². The van der Waals surface area contributed by atoms with E-state index in [0.717, 1.165) is 49.2 Å². The van der Waals surface area contributed by atoms with Crippen LogP contribution in [0.4, 0.5) is 5.69 Å². The zero-order valence-electron chi connectivity index (χ0n) is 14.0. The van der Waals surface area contributed by atoms with E-state index in [9.17, 15) is 0 Å². The second kappa shape index (κ2) is 12.1. The molecule has 4 nitrogen and oxygen atoms in total.